The van der Waals surface area contributed by atoms with Crippen molar-refractivity contribution in [2.24, 2.45) is 4.99 Å². The topological polar surface area (TPSA) is 66.8 Å². The van der Waals surface area contributed by atoms with Gasteiger partial charge in [-0.25, -0.2) is 8.42 Å². The lowest BCUT2D eigenvalue weighted by atomic mass is 10.1. The number of nitrogens with zero attached hydrogens (tertiary/aromatic N) is 2. The molecule has 22 heavy (non-hydrogen) atoms. The number of benzene rings is 1. The number of amidine groups is 1. The number of sulfone groups is 1. The SMILES string of the molecule is O=C(CCl)N=C1S[C@H]2CS(=O)(=O)C[C@@H]2N1Cc1ccccc1. The zero-order valence-corrected chi connectivity index (χ0v) is 14.1. The van der Waals surface area contributed by atoms with Crippen LogP contribution in [0, 0.1) is 0 Å². The summed E-state index contributed by atoms with van der Waals surface area (Å²) < 4.78 is 23.7. The molecule has 0 spiro atoms. The quantitative estimate of drug-likeness (QED) is 0.766. The second-order valence-corrected chi connectivity index (χ2v) is 8.96. The molecule has 2 aliphatic heterocycles. The van der Waals surface area contributed by atoms with E-state index in [2.05, 4.69) is 4.99 Å². The van der Waals surface area contributed by atoms with Gasteiger partial charge in [-0.05, 0) is 5.56 Å². The molecule has 2 saturated heterocycles. The molecule has 2 fully saturated rings. The average Bonchev–Trinajstić information content (AvgIpc) is 2.93. The fourth-order valence-corrected chi connectivity index (χ4v) is 6.77. The molecular formula is C14H15ClN2O3S2. The third-order valence-electron chi connectivity index (χ3n) is 3.71. The van der Waals surface area contributed by atoms with Crippen molar-refractivity contribution in [1.82, 2.24) is 4.90 Å². The van der Waals surface area contributed by atoms with Crippen LogP contribution in [0.15, 0.2) is 35.3 Å². The smallest absolute Gasteiger partial charge is 0.262 e. The van der Waals surface area contributed by atoms with Crippen LogP contribution in [0.5, 0.6) is 0 Å². The maximum atomic E-state index is 11.9. The number of fused-ring (bicyclic) bond motifs is 1. The molecule has 2 heterocycles. The summed E-state index contributed by atoms with van der Waals surface area (Å²) in [7, 11) is -3.02. The molecule has 5 nitrogen and oxygen atoms in total. The predicted octanol–water partition coefficient (Wildman–Crippen LogP) is 1.52. The van der Waals surface area contributed by atoms with Crippen LogP contribution in [-0.4, -0.2) is 53.1 Å². The molecule has 0 saturated carbocycles. The van der Waals surface area contributed by atoms with Crippen molar-refractivity contribution in [2.75, 3.05) is 17.4 Å². The Kier molecular flexibility index (Phi) is 4.47. The molecule has 1 amide bonds. The Bertz CT molecular complexity index is 706. The van der Waals surface area contributed by atoms with Gasteiger partial charge in [0.25, 0.3) is 5.91 Å². The van der Waals surface area contributed by atoms with E-state index >= 15 is 0 Å². The van der Waals surface area contributed by atoms with E-state index in [1.54, 1.807) is 0 Å². The van der Waals surface area contributed by atoms with Gasteiger partial charge in [0.15, 0.2) is 15.0 Å². The number of thioether (sulfide) groups is 1. The number of hydrogen-bond acceptors (Lipinski definition) is 4. The molecule has 118 valence electrons. The maximum Gasteiger partial charge on any atom is 0.262 e. The Balaban J connectivity index is 1.89. The van der Waals surface area contributed by atoms with Crippen LogP contribution in [0.1, 0.15) is 5.56 Å². The number of amides is 1. The first-order valence-electron chi connectivity index (χ1n) is 6.83. The van der Waals surface area contributed by atoms with Gasteiger partial charge in [0.1, 0.15) is 5.88 Å². The summed E-state index contributed by atoms with van der Waals surface area (Å²) in [5.41, 5.74) is 1.05. The minimum absolute atomic E-state index is 0.0596. The zero-order valence-electron chi connectivity index (χ0n) is 11.7. The number of carbonyl (C=O) groups excluding carboxylic acids is 1. The van der Waals surface area contributed by atoms with Crippen LogP contribution < -0.4 is 0 Å². The van der Waals surface area contributed by atoms with Crippen LogP contribution >= 0.6 is 23.4 Å². The molecule has 0 N–H and O–H groups in total. The number of hydrogen-bond donors (Lipinski definition) is 0. The molecule has 0 bridgehead atoms. The van der Waals surface area contributed by atoms with Crippen molar-refractivity contribution in [3.05, 3.63) is 35.9 Å². The highest BCUT2D eigenvalue weighted by Crippen LogP contribution is 2.38. The van der Waals surface area contributed by atoms with E-state index < -0.39 is 15.7 Å². The number of alkyl halides is 1. The third-order valence-corrected chi connectivity index (χ3v) is 7.18. The summed E-state index contributed by atoms with van der Waals surface area (Å²) in [5, 5.41) is 0.523. The second-order valence-electron chi connectivity index (χ2n) is 5.34. The zero-order chi connectivity index (χ0) is 15.7. The van der Waals surface area contributed by atoms with Crippen molar-refractivity contribution in [3.63, 3.8) is 0 Å². The Morgan fingerprint density at radius 3 is 2.73 bits per heavy atom. The third kappa shape index (κ3) is 3.31. The molecule has 0 unspecified atom stereocenters. The summed E-state index contributed by atoms with van der Waals surface area (Å²) in [4.78, 5) is 17.5. The van der Waals surface area contributed by atoms with Crippen molar-refractivity contribution in [2.45, 2.75) is 17.8 Å². The summed E-state index contributed by atoms with van der Waals surface area (Å²) in [6.45, 7) is 0.541. The van der Waals surface area contributed by atoms with E-state index in [9.17, 15) is 13.2 Å². The van der Waals surface area contributed by atoms with Crippen molar-refractivity contribution in [3.8, 4) is 0 Å². The Labute approximate surface area is 138 Å². The predicted molar refractivity (Wildman–Crippen MR) is 89.0 cm³/mol. The van der Waals surface area contributed by atoms with E-state index in [-0.39, 0.29) is 28.7 Å². The molecule has 3 rings (SSSR count). The van der Waals surface area contributed by atoms with Gasteiger partial charge >= 0.3 is 0 Å². The monoisotopic (exact) mass is 358 g/mol. The summed E-state index contributed by atoms with van der Waals surface area (Å²) in [6.07, 6.45) is 0. The van der Waals surface area contributed by atoms with E-state index in [0.717, 1.165) is 5.56 Å². The van der Waals surface area contributed by atoms with Crippen molar-refractivity contribution >= 4 is 44.3 Å². The van der Waals surface area contributed by atoms with Gasteiger partial charge in [-0.2, -0.15) is 4.99 Å². The molecule has 1 aromatic carbocycles. The minimum Gasteiger partial charge on any atom is -0.342 e. The maximum absolute atomic E-state index is 11.9. The van der Waals surface area contributed by atoms with Crippen LogP contribution in [0.2, 0.25) is 0 Å². The van der Waals surface area contributed by atoms with E-state index in [4.69, 9.17) is 11.6 Å². The molecular weight excluding hydrogens is 344 g/mol. The lowest BCUT2D eigenvalue weighted by Gasteiger charge is -2.24. The first-order chi connectivity index (χ1) is 10.5. The molecule has 0 aliphatic carbocycles. The Hall–Kier alpha value is -1.05. The fraction of sp³-hybridized carbons (Fsp3) is 0.429. The standard InChI is InChI=1S/C14H15ClN2O3S2/c15-6-13(18)16-14-17(7-10-4-2-1-3-5-10)11-8-22(19,20)9-12(11)21-14/h1-5,11-12H,6-9H2/t11-,12-/m0/s1. The molecule has 2 atom stereocenters. The number of aliphatic imine (C=N–C) groups is 1. The first-order valence-corrected chi connectivity index (χ1v) is 10.1. The molecule has 8 heteroatoms. The highest BCUT2D eigenvalue weighted by atomic mass is 35.5. The highest BCUT2D eigenvalue weighted by Gasteiger charge is 2.48. The van der Waals surface area contributed by atoms with Crippen LogP contribution in [0.4, 0.5) is 0 Å². The van der Waals surface area contributed by atoms with Gasteiger partial charge in [-0.15, -0.1) is 11.6 Å². The van der Waals surface area contributed by atoms with E-state index in [1.165, 1.54) is 11.8 Å². The van der Waals surface area contributed by atoms with E-state index in [1.807, 2.05) is 35.2 Å². The first kappa shape index (κ1) is 15.8. The summed E-state index contributed by atoms with van der Waals surface area (Å²) in [5.74, 6) is -0.311. The van der Waals surface area contributed by atoms with Gasteiger partial charge in [0.05, 0.1) is 17.5 Å². The molecule has 0 aromatic heterocycles. The van der Waals surface area contributed by atoms with Crippen molar-refractivity contribution < 1.29 is 13.2 Å². The normalized spacial score (nSPS) is 28.0. The van der Waals surface area contributed by atoms with E-state index in [0.29, 0.717) is 11.7 Å². The lowest BCUT2D eigenvalue weighted by Crippen LogP contribution is -2.37. The van der Waals surface area contributed by atoms with Gasteiger partial charge in [0.2, 0.25) is 0 Å². The number of carbonyl (C=O) groups is 1. The Morgan fingerprint density at radius 1 is 1.32 bits per heavy atom. The lowest BCUT2D eigenvalue weighted by molar-refractivity contribution is -0.115. The van der Waals surface area contributed by atoms with Gasteiger partial charge in [-0.1, -0.05) is 42.1 Å². The van der Waals surface area contributed by atoms with Crippen molar-refractivity contribution in [1.29, 1.82) is 0 Å². The molecule has 0 radical (unpaired) electrons. The summed E-state index contributed by atoms with van der Waals surface area (Å²) >= 11 is 6.90. The largest absolute Gasteiger partial charge is 0.342 e. The molecule has 1 aromatic rings. The summed E-state index contributed by atoms with van der Waals surface area (Å²) in [6, 6.07) is 9.61. The average molecular weight is 359 g/mol. The molecule has 2 aliphatic rings. The Morgan fingerprint density at radius 2 is 2.05 bits per heavy atom. The van der Waals surface area contributed by atoms with Gasteiger partial charge in [-0.3, -0.25) is 4.79 Å². The van der Waals surface area contributed by atoms with Crippen LogP contribution in [0.25, 0.3) is 0 Å². The van der Waals surface area contributed by atoms with Crippen LogP contribution in [-0.2, 0) is 21.2 Å². The second kappa shape index (κ2) is 6.22. The van der Waals surface area contributed by atoms with Crippen LogP contribution in [0.3, 0.4) is 0 Å². The fourth-order valence-electron chi connectivity index (χ4n) is 2.74. The number of rotatable bonds is 3. The minimum atomic E-state index is -3.02. The van der Waals surface area contributed by atoms with Gasteiger partial charge < -0.3 is 4.90 Å². The highest BCUT2D eigenvalue weighted by molar-refractivity contribution is 8.15. The van der Waals surface area contributed by atoms with Gasteiger partial charge in [0, 0.05) is 11.8 Å². The number of halogens is 1.